The summed E-state index contributed by atoms with van der Waals surface area (Å²) in [6.45, 7) is 0. The van der Waals surface area contributed by atoms with E-state index >= 15 is 0 Å². The summed E-state index contributed by atoms with van der Waals surface area (Å²) in [6.07, 6.45) is 0. The van der Waals surface area contributed by atoms with E-state index in [4.69, 9.17) is 19.0 Å². The zero-order valence-corrected chi connectivity index (χ0v) is 6.82. The molecule has 0 aliphatic heterocycles. The summed E-state index contributed by atoms with van der Waals surface area (Å²) in [4.78, 5) is 0. The Morgan fingerprint density at radius 3 is 1.83 bits per heavy atom. The highest BCUT2D eigenvalue weighted by atomic mass is 32.2. The van der Waals surface area contributed by atoms with Gasteiger partial charge in [-0.1, -0.05) is 6.07 Å². The van der Waals surface area contributed by atoms with E-state index in [9.17, 15) is 0 Å². The minimum atomic E-state index is -2.36. The second-order valence-electron chi connectivity index (χ2n) is 1.78. The van der Waals surface area contributed by atoms with E-state index in [2.05, 4.69) is 5.14 Å². The Bertz CT molecular complexity index is 244. The third-order valence-electron chi connectivity index (χ3n) is 0.830. The van der Waals surface area contributed by atoms with Gasteiger partial charge in [0.05, 0.1) is 0 Å². The topological polar surface area (TPSA) is 107 Å². The summed E-state index contributed by atoms with van der Waals surface area (Å²) in [7, 11) is 0. The Balaban J connectivity index is 0.000000261. The third-order valence-corrected chi connectivity index (χ3v) is 0.830. The maximum Gasteiger partial charge on any atom is 0.119 e. The normalized spacial score (nSPS) is 11.2. The van der Waals surface area contributed by atoms with Crippen molar-refractivity contribution in [1.82, 2.24) is 0 Å². The zero-order valence-electron chi connectivity index (χ0n) is 6.01. The van der Waals surface area contributed by atoms with Crippen molar-refractivity contribution in [2.75, 3.05) is 0 Å². The van der Waals surface area contributed by atoms with Crippen LogP contribution in [0.5, 0.6) is 11.5 Å². The number of nitrogens with two attached hydrogens (primary N) is 1. The van der Waals surface area contributed by atoms with Crippen LogP contribution in [-0.4, -0.2) is 19.0 Å². The number of hydrogen-bond acceptors (Lipinski definition) is 4. The first-order valence-electron chi connectivity index (χ1n) is 2.84. The van der Waals surface area contributed by atoms with Crippen LogP contribution >= 0.6 is 0 Å². The van der Waals surface area contributed by atoms with Gasteiger partial charge in [-0.3, -0.25) is 9.35 Å². The SMILES string of the molecule is NS(=O)[O-].Oc1cccc(O)c1. The van der Waals surface area contributed by atoms with E-state index in [0.717, 1.165) is 0 Å². The van der Waals surface area contributed by atoms with Crippen molar-refractivity contribution in [3.63, 3.8) is 0 Å². The van der Waals surface area contributed by atoms with Crippen molar-refractivity contribution in [2.45, 2.75) is 0 Å². The molecule has 1 unspecified atom stereocenters. The van der Waals surface area contributed by atoms with Crippen molar-refractivity contribution in [3.8, 4) is 11.5 Å². The highest BCUT2D eigenvalue weighted by Gasteiger charge is 1.85. The van der Waals surface area contributed by atoms with Crippen molar-refractivity contribution >= 4 is 11.3 Å². The molecule has 1 aromatic rings. The maximum atomic E-state index is 8.78. The van der Waals surface area contributed by atoms with Crippen molar-refractivity contribution < 1.29 is 19.0 Å². The number of benzene rings is 1. The van der Waals surface area contributed by atoms with E-state index in [1.807, 2.05) is 0 Å². The molecule has 0 aliphatic rings. The van der Waals surface area contributed by atoms with Gasteiger partial charge in [-0.2, -0.15) is 0 Å². The summed E-state index contributed by atoms with van der Waals surface area (Å²) < 4.78 is 17.6. The quantitative estimate of drug-likeness (QED) is 0.494. The molecule has 0 heterocycles. The van der Waals surface area contributed by atoms with Gasteiger partial charge in [0.25, 0.3) is 0 Å². The molecule has 0 fully saturated rings. The van der Waals surface area contributed by atoms with Crippen LogP contribution in [0.3, 0.4) is 0 Å². The van der Waals surface area contributed by atoms with Gasteiger partial charge in [0.1, 0.15) is 11.5 Å². The van der Waals surface area contributed by atoms with Crippen LogP contribution in [0.25, 0.3) is 0 Å². The van der Waals surface area contributed by atoms with Crippen LogP contribution in [0.15, 0.2) is 24.3 Å². The second-order valence-corrected chi connectivity index (χ2v) is 2.30. The maximum absolute atomic E-state index is 8.78. The summed E-state index contributed by atoms with van der Waals surface area (Å²) in [5.41, 5.74) is 0. The van der Waals surface area contributed by atoms with Crippen LogP contribution in [0.1, 0.15) is 0 Å². The van der Waals surface area contributed by atoms with Gasteiger partial charge in [-0.15, -0.1) is 0 Å². The van der Waals surface area contributed by atoms with Gasteiger partial charge in [-0.25, -0.2) is 0 Å². The lowest BCUT2D eigenvalue weighted by atomic mass is 10.3. The van der Waals surface area contributed by atoms with Gasteiger partial charge in [0, 0.05) is 17.3 Å². The van der Waals surface area contributed by atoms with Gasteiger partial charge >= 0.3 is 0 Å². The first-order chi connectivity index (χ1) is 5.52. The zero-order chi connectivity index (χ0) is 9.56. The third kappa shape index (κ3) is 7.00. The molecule has 0 bridgehead atoms. The fourth-order valence-corrected chi connectivity index (χ4v) is 0.493. The van der Waals surface area contributed by atoms with Crippen LogP contribution in [0.4, 0.5) is 0 Å². The molecule has 0 aromatic heterocycles. The lowest BCUT2D eigenvalue weighted by molar-refractivity contribution is 0.450. The van der Waals surface area contributed by atoms with Gasteiger partial charge in [0.15, 0.2) is 0 Å². The number of rotatable bonds is 0. The molecule has 4 N–H and O–H groups in total. The minimum Gasteiger partial charge on any atom is -0.760 e. The molecule has 5 nitrogen and oxygen atoms in total. The Labute approximate surface area is 71.9 Å². The van der Waals surface area contributed by atoms with Crippen molar-refractivity contribution in [3.05, 3.63) is 24.3 Å². The summed E-state index contributed by atoms with van der Waals surface area (Å²) in [5, 5.41) is 21.3. The largest absolute Gasteiger partial charge is 0.760 e. The molecule has 68 valence electrons. The molecule has 12 heavy (non-hydrogen) atoms. The number of phenolic OH excluding ortho intramolecular Hbond substituents is 2. The predicted octanol–water partition coefficient (Wildman–Crippen LogP) is -0.163. The lowest BCUT2D eigenvalue weighted by Crippen LogP contribution is -1.97. The van der Waals surface area contributed by atoms with E-state index in [1.165, 1.54) is 18.2 Å². The van der Waals surface area contributed by atoms with Crippen LogP contribution < -0.4 is 5.14 Å². The molecule has 0 radical (unpaired) electrons. The summed E-state index contributed by atoms with van der Waals surface area (Å²) in [5.74, 6) is 0.176. The molecule has 0 saturated carbocycles. The van der Waals surface area contributed by atoms with Crippen LogP contribution in [0, 0.1) is 0 Å². The standard InChI is InChI=1S/C6H6O2.H3NO2S/c7-5-2-1-3-6(8)4-5;1-4(2)3/h1-4,7-8H;1H2,(H,2,3)/p-1. The average molecular weight is 190 g/mol. The highest BCUT2D eigenvalue weighted by Crippen LogP contribution is 2.14. The fraction of sp³-hybridized carbons (Fsp3) is 0. The predicted molar refractivity (Wildman–Crippen MR) is 42.9 cm³/mol. The number of phenols is 2. The molecule has 1 atom stereocenters. The van der Waals surface area contributed by atoms with Gasteiger partial charge in [0.2, 0.25) is 0 Å². The second kappa shape index (κ2) is 5.53. The smallest absolute Gasteiger partial charge is 0.119 e. The summed E-state index contributed by atoms with van der Waals surface area (Å²) in [6, 6.07) is 5.85. The van der Waals surface area contributed by atoms with Crippen molar-refractivity contribution in [2.24, 2.45) is 5.14 Å². The average Bonchev–Trinajstić information content (AvgIpc) is 1.84. The van der Waals surface area contributed by atoms with Gasteiger partial charge in [-0.05, 0) is 12.1 Å². The monoisotopic (exact) mass is 190 g/mol. The van der Waals surface area contributed by atoms with Crippen LogP contribution in [-0.2, 0) is 11.3 Å². The number of hydrogen-bond donors (Lipinski definition) is 3. The Hall–Kier alpha value is -1.11. The Morgan fingerprint density at radius 2 is 1.67 bits per heavy atom. The summed E-state index contributed by atoms with van der Waals surface area (Å²) >= 11 is -2.36. The fourth-order valence-electron chi connectivity index (χ4n) is 0.493. The highest BCUT2D eigenvalue weighted by molar-refractivity contribution is 7.76. The van der Waals surface area contributed by atoms with Crippen LogP contribution in [0.2, 0.25) is 0 Å². The van der Waals surface area contributed by atoms with E-state index in [1.54, 1.807) is 6.07 Å². The van der Waals surface area contributed by atoms with E-state index < -0.39 is 11.3 Å². The van der Waals surface area contributed by atoms with Gasteiger partial charge < -0.3 is 14.8 Å². The van der Waals surface area contributed by atoms with E-state index in [-0.39, 0.29) is 11.5 Å². The Kier molecular flexibility index (Phi) is 5.02. The van der Waals surface area contributed by atoms with Crippen molar-refractivity contribution in [1.29, 1.82) is 0 Å². The van der Waals surface area contributed by atoms with E-state index in [0.29, 0.717) is 0 Å². The molecule has 0 spiro atoms. The molecule has 0 aliphatic carbocycles. The first kappa shape index (κ1) is 10.9. The molecule has 1 aromatic carbocycles. The minimum absolute atomic E-state index is 0.0880. The lowest BCUT2D eigenvalue weighted by Gasteiger charge is -1.89. The molecular weight excluding hydrogens is 182 g/mol. The molecule has 0 saturated heterocycles. The first-order valence-corrected chi connectivity index (χ1v) is 3.98. The molecule has 0 amide bonds. The molecule has 6 heteroatoms. The molecular formula is C6H8NO4S-. The molecule has 1 rings (SSSR count). The Morgan fingerprint density at radius 1 is 1.33 bits per heavy atom. The number of aromatic hydroxyl groups is 2.